The molecule has 0 aliphatic heterocycles. The van der Waals surface area contributed by atoms with Gasteiger partial charge >= 0.3 is 0 Å². The first kappa shape index (κ1) is 13.8. The fourth-order valence-corrected chi connectivity index (χ4v) is 3.20. The molecule has 0 unspecified atom stereocenters. The van der Waals surface area contributed by atoms with Crippen LogP contribution < -0.4 is 10.5 Å². The van der Waals surface area contributed by atoms with Crippen molar-refractivity contribution in [1.82, 2.24) is 4.98 Å². The number of para-hydroxylation sites is 1. The predicted molar refractivity (Wildman–Crippen MR) is 88.7 cm³/mol. The highest BCUT2D eigenvalue weighted by atomic mass is 32.2. The first-order valence-corrected chi connectivity index (χ1v) is 7.65. The topological polar surface area (TPSA) is 48.1 Å². The molecule has 0 atom stereocenters. The molecule has 4 heteroatoms. The second-order valence-electron chi connectivity index (χ2n) is 4.68. The summed E-state index contributed by atoms with van der Waals surface area (Å²) in [5, 5.41) is 1.19. The van der Waals surface area contributed by atoms with Crippen LogP contribution in [0.25, 0.3) is 10.9 Å². The first-order chi connectivity index (χ1) is 10.3. The summed E-state index contributed by atoms with van der Waals surface area (Å²) in [6.07, 6.45) is 1.85. The fourth-order valence-electron chi connectivity index (χ4n) is 2.20. The molecule has 3 nitrogen and oxygen atoms in total. The van der Waals surface area contributed by atoms with Gasteiger partial charge in [-0.1, -0.05) is 18.2 Å². The van der Waals surface area contributed by atoms with Crippen LogP contribution in [-0.2, 0) is 5.75 Å². The van der Waals surface area contributed by atoms with Gasteiger partial charge in [0, 0.05) is 27.9 Å². The number of methoxy groups -OCH3 is 1. The molecule has 1 aromatic heterocycles. The molecule has 0 amide bonds. The number of hydrogen-bond acceptors (Lipinski definition) is 4. The third-order valence-corrected chi connectivity index (χ3v) is 4.46. The Bertz CT molecular complexity index is 768. The van der Waals surface area contributed by atoms with Crippen molar-refractivity contribution >= 4 is 28.4 Å². The third kappa shape index (κ3) is 2.95. The average Bonchev–Trinajstić information content (AvgIpc) is 2.54. The lowest BCUT2D eigenvalue weighted by Crippen LogP contribution is -1.92. The van der Waals surface area contributed by atoms with E-state index in [2.05, 4.69) is 17.1 Å². The Labute approximate surface area is 128 Å². The number of nitrogen functional groups attached to an aromatic ring is 1. The molecule has 0 spiro atoms. The SMILES string of the molecule is COc1ccc(N)c(SCc2ccnc3ccccc23)c1. The van der Waals surface area contributed by atoms with Crippen LogP contribution in [0.15, 0.2) is 59.6 Å². The molecular weight excluding hydrogens is 280 g/mol. The van der Waals surface area contributed by atoms with Gasteiger partial charge in [0.1, 0.15) is 5.75 Å². The van der Waals surface area contributed by atoms with Crippen LogP contribution in [0, 0.1) is 0 Å². The maximum atomic E-state index is 6.03. The van der Waals surface area contributed by atoms with E-state index in [-0.39, 0.29) is 0 Å². The number of pyridine rings is 1. The molecule has 106 valence electrons. The van der Waals surface area contributed by atoms with E-state index in [1.165, 1.54) is 10.9 Å². The highest BCUT2D eigenvalue weighted by molar-refractivity contribution is 7.98. The molecule has 0 fully saturated rings. The average molecular weight is 296 g/mol. The Morgan fingerprint density at radius 1 is 1.14 bits per heavy atom. The molecule has 0 bridgehead atoms. The molecule has 0 radical (unpaired) electrons. The lowest BCUT2D eigenvalue weighted by molar-refractivity contribution is 0.414. The van der Waals surface area contributed by atoms with Crippen LogP contribution in [0.3, 0.4) is 0 Å². The van der Waals surface area contributed by atoms with Gasteiger partial charge in [-0.3, -0.25) is 4.98 Å². The first-order valence-electron chi connectivity index (χ1n) is 6.67. The molecule has 21 heavy (non-hydrogen) atoms. The number of nitrogens with zero attached hydrogens (tertiary/aromatic N) is 1. The summed E-state index contributed by atoms with van der Waals surface area (Å²) >= 11 is 1.71. The summed E-state index contributed by atoms with van der Waals surface area (Å²) in [7, 11) is 1.66. The normalized spacial score (nSPS) is 10.7. The Morgan fingerprint density at radius 2 is 2.00 bits per heavy atom. The van der Waals surface area contributed by atoms with Crippen LogP contribution in [-0.4, -0.2) is 12.1 Å². The Kier molecular flexibility index (Phi) is 3.97. The summed E-state index contributed by atoms with van der Waals surface area (Å²) in [5.74, 6) is 1.67. The van der Waals surface area contributed by atoms with E-state index >= 15 is 0 Å². The van der Waals surface area contributed by atoms with Crippen LogP contribution in [0.1, 0.15) is 5.56 Å². The number of nitrogens with two attached hydrogens (primary N) is 1. The van der Waals surface area contributed by atoms with Crippen molar-refractivity contribution in [1.29, 1.82) is 0 Å². The summed E-state index contributed by atoms with van der Waals surface area (Å²) < 4.78 is 5.25. The minimum absolute atomic E-state index is 0.777. The van der Waals surface area contributed by atoms with Crippen molar-refractivity contribution in [3.63, 3.8) is 0 Å². The van der Waals surface area contributed by atoms with E-state index in [9.17, 15) is 0 Å². The molecule has 2 aromatic carbocycles. The molecule has 2 N–H and O–H groups in total. The van der Waals surface area contributed by atoms with Gasteiger partial charge in [0.05, 0.1) is 12.6 Å². The number of rotatable bonds is 4. The maximum absolute atomic E-state index is 6.03. The number of thioether (sulfide) groups is 1. The van der Waals surface area contributed by atoms with Crippen molar-refractivity contribution in [2.75, 3.05) is 12.8 Å². The van der Waals surface area contributed by atoms with E-state index in [4.69, 9.17) is 10.5 Å². The Balaban J connectivity index is 1.87. The summed E-state index contributed by atoms with van der Waals surface area (Å²) in [6, 6.07) is 16.0. The number of ether oxygens (including phenoxy) is 1. The summed E-state index contributed by atoms with van der Waals surface area (Å²) in [4.78, 5) is 5.43. The van der Waals surface area contributed by atoms with Crippen molar-refractivity contribution in [3.8, 4) is 5.75 Å². The lowest BCUT2D eigenvalue weighted by atomic mass is 10.1. The van der Waals surface area contributed by atoms with Gasteiger partial charge in [-0.15, -0.1) is 11.8 Å². The lowest BCUT2D eigenvalue weighted by Gasteiger charge is -2.09. The second kappa shape index (κ2) is 6.06. The van der Waals surface area contributed by atoms with Gasteiger partial charge in [-0.05, 0) is 35.9 Å². The van der Waals surface area contributed by atoms with Crippen molar-refractivity contribution in [3.05, 3.63) is 60.3 Å². The fraction of sp³-hybridized carbons (Fsp3) is 0.118. The van der Waals surface area contributed by atoms with E-state index in [0.29, 0.717) is 0 Å². The van der Waals surface area contributed by atoms with Gasteiger partial charge < -0.3 is 10.5 Å². The highest BCUT2D eigenvalue weighted by Crippen LogP contribution is 2.32. The standard InChI is InChI=1S/C17H16N2OS/c1-20-13-6-7-15(18)17(10-13)21-11-12-8-9-19-16-5-3-2-4-14(12)16/h2-10H,11,18H2,1H3. The quantitative estimate of drug-likeness (QED) is 0.581. The van der Waals surface area contributed by atoms with Gasteiger partial charge in [0.2, 0.25) is 0 Å². The van der Waals surface area contributed by atoms with E-state index in [1.807, 2.05) is 42.6 Å². The molecule has 3 rings (SSSR count). The number of aromatic nitrogens is 1. The minimum atomic E-state index is 0.777. The number of fused-ring (bicyclic) bond motifs is 1. The zero-order valence-corrected chi connectivity index (χ0v) is 12.6. The molecular formula is C17H16N2OS. The Morgan fingerprint density at radius 3 is 2.86 bits per heavy atom. The van der Waals surface area contributed by atoms with Crippen LogP contribution in [0.2, 0.25) is 0 Å². The monoisotopic (exact) mass is 296 g/mol. The van der Waals surface area contributed by atoms with Crippen molar-refractivity contribution < 1.29 is 4.74 Å². The Hall–Kier alpha value is -2.20. The summed E-state index contributed by atoms with van der Waals surface area (Å²) in [5.41, 5.74) is 9.09. The van der Waals surface area contributed by atoms with Crippen LogP contribution >= 0.6 is 11.8 Å². The third-order valence-electron chi connectivity index (χ3n) is 3.34. The van der Waals surface area contributed by atoms with E-state index < -0.39 is 0 Å². The molecule has 3 aromatic rings. The molecule has 0 aliphatic carbocycles. The predicted octanol–water partition coefficient (Wildman–Crippen LogP) is 4.12. The van der Waals surface area contributed by atoms with Gasteiger partial charge in [0.15, 0.2) is 0 Å². The number of benzene rings is 2. The highest BCUT2D eigenvalue weighted by Gasteiger charge is 2.06. The molecule has 0 saturated carbocycles. The molecule has 0 saturated heterocycles. The minimum Gasteiger partial charge on any atom is -0.497 e. The van der Waals surface area contributed by atoms with Crippen LogP contribution in [0.4, 0.5) is 5.69 Å². The van der Waals surface area contributed by atoms with Crippen molar-refractivity contribution in [2.24, 2.45) is 0 Å². The van der Waals surface area contributed by atoms with E-state index in [0.717, 1.165) is 27.6 Å². The van der Waals surface area contributed by atoms with E-state index in [1.54, 1.807) is 18.9 Å². The largest absolute Gasteiger partial charge is 0.497 e. The number of anilines is 1. The van der Waals surface area contributed by atoms with Gasteiger partial charge in [-0.25, -0.2) is 0 Å². The van der Waals surface area contributed by atoms with Crippen LogP contribution in [0.5, 0.6) is 5.75 Å². The maximum Gasteiger partial charge on any atom is 0.120 e. The zero-order valence-electron chi connectivity index (χ0n) is 11.7. The second-order valence-corrected chi connectivity index (χ2v) is 5.70. The zero-order chi connectivity index (χ0) is 14.7. The van der Waals surface area contributed by atoms with Crippen molar-refractivity contribution in [2.45, 2.75) is 10.6 Å². The molecule has 0 aliphatic rings. The van der Waals surface area contributed by atoms with Gasteiger partial charge in [-0.2, -0.15) is 0 Å². The summed E-state index contributed by atoms with van der Waals surface area (Å²) in [6.45, 7) is 0. The molecule has 1 heterocycles. The smallest absolute Gasteiger partial charge is 0.120 e. The van der Waals surface area contributed by atoms with Gasteiger partial charge in [0.25, 0.3) is 0 Å². The number of hydrogen-bond donors (Lipinski definition) is 1.